The molecule has 2 aromatic rings. The molecule has 0 saturated carbocycles. The number of hydrogen-bond acceptors (Lipinski definition) is 4. The fourth-order valence-corrected chi connectivity index (χ4v) is 3.26. The van der Waals surface area contributed by atoms with Crippen LogP contribution < -0.4 is 5.32 Å². The smallest absolute Gasteiger partial charge is 0.269 e. The maximum atomic E-state index is 12.3. The van der Waals surface area contributed by atoms with E-state index in [-0.39, 0.29) is 23.8 Å². The first-order valence-corrected chi connectivity index (χ1v) is 7.96. The van der Waals surface area contributed by atoms with E-state index in [2.05, 4.69) is 15.3 Å². The molecule has 8 nitrogen and oxygen atoms in total. The summed E-state index contributed by atoms with van der Waals surface area (Å²) in [6.07, 6.45) is 7.96. The third-order valence-corrected chi connectivity index (χ3v) is 4.68. The second-order valence-electron chi connectivity index (χ2n) is 6.24. The van der Waals surface area contributed by atoms with Crippen LogP contribution in [0.2, 0.25) is 0 Å². The predicted molar refractivity (Wildman–Crippen MR) is 87.0 cm³/mol. The second kappa shape index (κ2) is 6.46. The number of piperidine rings is 1. The Morgan fingerprint density at radius 2 is 2.12 bits per heavy atom. The monoisotopic (exact) mass is 330 g/mol. The molecule has 0 aromatic carbocycles. The summed E-state index contributed by atoms with van der Waals surface area (Å²) in [4.78, 5) is 34.5. The first-order chi connectivity index (χ1) is 11.5. The highest BCUT2D eigenvalue weighted by Crippen LogP contribution is 2.34. The molecule has 1 fully saturated rings. The van der Waals surface area contributed by atoms with Gasteiger partial charge in [-0.1, -0.05) is 0 Å². The van der Waals surface area contributed by atoms with E-state index in [4.69, 9.17) is 0 Å². The van der Waals surface area contributed by atoms with Crippen LogP contribution >= 0.6 is 0 Å². The fourth-order valence-electron chi connectivity index (χ4n) is 3.26. The number of rotatable bonds is 4. The fraction of sp³-hybridized carbons (Fsp3) is 0.500. The number of imidazole rings is 2. The molecule has 24 heavy (non-hydrogen) atoms. The molecule has 3 heterocycles. The van der Waals surface area contributed by atoms with Gasteiger partial charge in [0.1, 0.15) is 11.5 Å². The summed E-state index contributed by atoms with van der Waals surface area (Å²) in [5, 5.41) is 2.97. The Kier molecular flexibility index (Phi) is 4.37. The molecule has 0 aliphatic carbocycles. The lowest BCUT2D eigenvalue weighted by Gasteiger charge is -2.38. The lowest BCUT2D eigenvalue weighted by atomic mass is 9.88. The topological polar surface area (TPSA) is 85.1 Å². The van der Waals surface area contributed by atoms with Gasteiger partial charge in [-0.05, 0) is 6.42 Å². The molecule has 3 rings (SSSR count). The lowest BCUT2D eigenvalue weighted by Crippen LogP contribution is -2.45. The van der Waals surface area contributed by atoms with Gasteiger partial charge >= 0.3 is 0 Å². The number of aryl methyl sites for hydroxylation is 2. The minimum atomic E-state index is -0.159. The van der Waals surface area contributed by atoms with Crippen molar-refractivity contribution in [2.75, 3.05) is 13.6 Å². The third kappa shape index (κ3) is 2.91. The summed E-state index contributed by atoms with van der Waals surface area (Å²) >= 11 is 0. The van der Waals surface area contributed by atoms with Gasteiger partial charge in [0.15, 0.2) is 0 Å². The number of carbonyl (C=O) groups is 2. The molecule has 1 saturated heterocycles. The molecule has 0 radical (unpaired) electrons. The molecule has 0 spiro atoms. The number of nitrogens with one attached hydrogen (secondary N) is 1. The molecule has 1 aliphatic rings. The number of nitrogens with zero attached hydrogens (tertiary/aromatic N) is 5. The summed E-state index contributed by atoms with van der Waals surface area (Å²) < 4.78 is 3.61. The average molecular weight is 330 g/mol. The zero-order valence-electron chi connectivity index (χ0n) is 14.1. The van der Waals surface area contributed by atoms with Crippen LogP contribution in [-0.2, 0) is 18.9 Å². The minimum Gasteiger partial charge on any atom is -0.350 e. The molecule has 0 unspecified atom stereocenters. The van der Waals surface area contributed by atoms with Crippen molar-refractivity contribution in [1.82, 2.24) is 29.3 Å². The van der Waals surface area contributed by atoms with Crippen LogP contribution in [0.15, 0.2) is 24.9 Å². The first-order valence-electron chi connectivity index (χ1n) is 7.96. The van der Waals surface area contributed by atoms with E-state index < -0.39 is 0 Å². The van der Waals surface area contributed by atoms with Crippen molar-refractivity contribution in [3.63, 3.8) is 0 Å². The van der Waals surface area contributed by atoms with Gasteiger partial charge in [-0.2, -0.15) is 0 Å². The SMILES string of the molecule is CN1C(=O)CC[C@H](CNC(=O)c2cncn2C)[C@H]1c1nccn1C. The van der Waals surface area contributed by atoms with Crippen molar-refractivity contribution >= 4 is 11.8 Å². The van der Waals surface area contributed by atoms with Crippen molar-refractivity contribution in [2.24, 2.45) is 20.0 Å². The van der Waals surface area contributed by atoms with Gasteiger partial charge in [0.2, 0.25) is 5.91 Å². The van der Waals surface area contributed by atoms with Crippen molar-refractivity contribution in [3.05, 3.63) is 36.4 Å². The Bertz CT molecular complexity index is 749. The molecule has 1 aliphatic heterocycles. The van der Waals surface area contributed by atoms with Gasteiger partial charge in [0.05, 0.1) is 18.6 Å². The highest BCUT2D eigenvalue weighted by atomic mass is 16.2. The molecule has 2 atom stereocenters. The van der Waals surface area contributed by atoms with Crippen molar-refractivity contribution in [2.45, 2.75) is 18.9 Å². The lowest BCUT2D eigenvalue weighted by molar-refractivity contribution is -0.137. The summed E-state index contributed by atoms with van der Waals surface area (Å²) in [6, 6.07) is -0.141. The van der Waals surface area contributed by atoms with Crippen LogP contribution in [0.4, 0.5) is 0 Å². The first kappa shape index (κ1) is 16.2. The number of likely N-dealkylation sites (tertiary alicyclic amines) is 1. The molecule has 2 aromatic heterocycles. The Balaban J connectivity index is 1.75. The van der Waals surface area contributed by atoms with Gasteiger partial charge in [0.25, 0.3) is 5.91 Å². The van der Waals surface area contributed by atoms with E-state index in [9.17, 15) is 9.59 Å². The molecule has 128 valence electrons. The van der Waals surface area contributed by atoms with Crippen LogP contribution in [0, 0.1) is 5.92 Å². The predicted octanol–water partition coefficient (Wildman–Crippen LogP) is 0.493. The maximum Gasteiger partial charge on any atom is 0.269 e. The number of hydrogen-bond donors (Lipinski definition) is 1. The van der Waals surface area contributed by atoms with Crippen LogP contribution in [0.3, 0.4) is 0 Å². The summed E-state index contributed by atoms with van der Waals surface area (Å²) in [6.45, 7) is 0.485. The Morgan fingerprint density at radius 1 is 1.33 bits per heavy atom. The van der Waals surface area contributed by atoms with Crippen molar-refractivity contribution in [3.8, 4) is 0 Å². The zero-order chi connectivity index (χ0) is 17.3. The van der Waals surface area contributed by atoms with Gasteiger partial charge in [-0.25, -0.2) is 9.97 Å². The quantitative estimate of drug-likeness (QED) is 0.884. The van der Waals surface area contributed by atoms with Gasteiger partial charge in [-0.3, -0.25) is 9.59 Å². The van der Waals surface area contributed by atoms with Gasteiger partial charge in [0, 0.05) is 52.4 Å². The second-order valence-corrected chi connectivity index (χ2v) is 6.24. The molecular formula is C16H22N6O2. The number of amides is 2. The van der Waals surface area contributed by atoms with Crippen molar-refractivity contribution < 1.29 is 9.59 Å². The summed E-state index contributed by atoms with van der Waals surface area (Å²) in [5.74, 6) is 0.904. The third-order valence-electron chi connectivity index (χ3n) is 4.68. The summed E-state index contributed by atoms with van der Waals surface area (Å²) in [5.41, 5.74) is 0.517. The standard InChI is InChI=1S/C16H22N6O2/c1-20-7-6-18-15(20)14-11(4-5-13(23)22(14)3)8-19-16(24)12-9-17-10-21(12)2/h6-7,9-11,14H,4-5,8H2,1-3H3,(H,19,24)/t11-,14+/m1/s1. The van der Waals surface area contributed by atoms with Crippen LogP contribution in [0.5, 0.6) is 0 Å². The van der Waals surface area contributed by atoms with E-state index >= 15 is 0 Å². The maximum absolute atomic E-state index is 12.3. The Morgan fingerprint density at radius 3 is 2.75 bits per heavy atom. The highest BCUT2D eigenvalue weighted by Gasteiger charge is 2.37. The van der Waals surface area contributed by atoms with E-state index in [1.54, 1.807) is 42.3 Å². The zero-order valence-corrected chi connectivity index (χ0v) is 14.1. The van der Waals surface area contributed by atoms with E-state index in [1.807, 2.05) is 17.8 Å². The minimum absolute atomic E-state index is 0.109. The van der Waals surface area contributed by atoms with E-state index in [0.29, 0.717) is 18.7 Å². The average Bonchev–Trinajstić information content (AvgIpc) is 3.17. The largest absolute Gasteiger partial charge is 0.350 e. The molecule has 2 amide bonds. The molecule has 0 bridgehead atoms. The van der Waals surface area contributed by atoms with Crippen molar-refractivity contribution in [1.29, 1.82) is 0 Å². The number of aromatic nitrogens is 4. The Labute approximate surface area is 140 Å². The molecule has 1 N–H and O–H groups in total. The molecule has 8 heteroatoms. The van der Waals surface area contributed by atoms with Gasteiger partial charge in [-0.15, -0.1) is 0 Å². The summed E-state index contributed by atoms with van der Waals surface area (Å²) in [7, 11) is 5.50. The van der Waals surface area contributed by atoms with E-state index in [0.717, 1.165) is 12.2 Å². The highest BCUT2D eigenvalue weighted by molar-refractivity contribution is 5.92. The van der Waals surface area contributed by atoms with Gasteiger partial charge < -0.3 is 19.4 Å². The Hall–Kier alpha value is -2.64. The number of carbonyl (C=O) groups excluding carboxylic acids is 2. The van der Waals surface area contributed by atoms with Crippen LogP contribution in [0.1, 0.15) is 35.2 Å². The van der Waals surface area contributed by atoms with Crippen LogP contribution in [0.25, 0.3) is 0 Å². The van der Waals surface area contributed by atoms with Crippen LogP contribution in [-0.4, -0.2) is 49.4 Å². The normalized spacial score (nSPS) is 21.1. The van der Waals surface area contributed by atoms with E-state index in [1.165, 1.54) is 0 Å². The molecular weight excluding hydrogens is 308 g/mol.